The Labute approximate surface area is 154 Å². The molecule has 5 heteroatoms. The number of fused-ring (bicyclic) bond motifs is 2. The minimum Gasteiger partial charge on any atom is -0.361 e. The minimum absolute atomic E-state index is 0.0431. The molecule has 0 radical (unpaired) electrons. The zero-order valence-electron chi connectivity index (χ0n) is 15.8. The van der Waals surface area contributed by atoms with E-state index in [4.69, 9.17) is 5.73 Å². The van der Waals surface area contributed by atoms with Gasteiger partial charge in [-0.15, -0.1) is 0 Å². The molecule has 2 aliphatic rings. The smallest absolute Gasteiger partial charge is 0.315 e. The average Bonchev–Trinajstić information content (AvgIpc) is 3.06. The van der Waals surface area contributed by atoms with Crippen molar-refractivity contribution in [3.8, 4) is 0 Å². The quantitative estimate of drug-likeness (QED) is 0.887. The molecule has 1 aliphatic carbocycles. The van der Waals surface area contributed by atoms with Crippen LogP contribution >= 0.6 is 0 Å². The van der Waals surface area contributed by atoms with E-state index in [1.54, 1.807) is 0 Å². The first-order chi connectivity index (χ1) is 12.5. The molecular formula is C21H28N4O. The number of benzene rings is 1. The van der Waals surface area contributed by atoms with E-state index in [0.29, 0.717) is 12.6 Å². The number of amides is 2. The molecule has 1 aromatic heterocycles. The van der Waals surface area contributed by atoms with Crippen molar-refractivity contribution in [1.29, 1.82) is 0 Å². The zero-order valence-corrected chi connectivity index (χ0v) is 15.8. The van der Waals surface area contributed by atoms with Crippen LogP contribution in [0.2, 0.25) is 0 Å². The van der Waals surface area contributed by atoms with Crippen molar-refractivity contribution in [2.75, 3.05) is 19.6 Å². The molecule has 1 aromatic carbocycles. The van der Waals surface area contributed by atoms with E-state index in [-0.39, 0.29) is 18.0 Å². The largest absolute Gasteiger partial charge is 0.361 e. The number of nitrogens with two attached hydrogens (primary N) is 1. The fourth-order valence-electron chi connectivity index (χ4n) is 4.88. The fourth-order valence-corrected chi connectivity index (χ4v) is 4.88. The van der Waals surface area contributed by atoms with E-state index in [0.717, 1.165) is 19.5 Å². The number of primary amides is 1. The second-order valence-corrected chi connectivity index (χ2v) is 7.50. The lowest BCUT2D eigenvalue weighted by atomic mass is 9.78. The number of nitrogens with zero attached hydrogens (tertiary/aromatic N) is 2. The summed E-state index contributed by atoms with van der Waals surface area (Å²) in [5.74, 6) is 0.282. The molecule has 4 rings (SSSR count). The monoisotopic (exact) mass is 352 g/mol. The maximum absolute atomic E-state index is 12.3. The summed E-state index contributed by atoms with van der Waals surface area (Å²) < 4.78 is 0. The molecule has 2 heterocycles. The van der Waals surface area contributed by atoms with Crippen LogP contribution in [0, 0.1) is 5.92 Å². The molecule has 3 unspecified atom stereocenters. The minimum atomic E-state index is -0.316. The molecule has 5 nitrogen and oxygen atoms in total. The van der Waals surface area contributed by atoms with Crippen molar-refractivity contribution in [3.63, 3.8) is 0 Å². The Morgan fingerprint density at radius 2 is 2.15 bits per heavy atom. The van der Waals surface area contributed by atoms with E-state index in [9.17, 15) is 4.79 Å². The van der Waals surface area contributed by atoms with Gasteiger partial charge >= 0.3 is 6.03 Å². The molecule has 0 spiro atoms. The molecule has 0 saturated heterocycles. The highest BCUT2D eigenvalue weighted by Gasteiger charge is 2.38. The Kier molecular flexibility index (Phi) is 4.27. The molecule has 3 N–H and O–H groups in total. The summed E-state index contributed by atoms with van der Waals surface area (Å²) in [4.78, 5) is 20.0. The van der Waals surface area contributed by atoms with Crippen molar-refractivity contribution < 1.29 is 4.79 Å². The third-order valence-corrected chi connectivity index (χ3v) is 6.34. The van der Waals surface area contributed by atoms with E-state index < -0.39 is 0 Å². The van der Waals surface area contributed by atoms with E-state index in [1.807, 2.05) is 4.90 Å². The molecule has 0 fully saturated rings. The van der Waals surface area contributed by atoms with Crippen LogP contribution in [0.5, 0.6) is 0 Å². The topological polar surface area (TPSA) is 65.4 Å². The van der Waals surface area contributed by atoms with Crippen molar-refractivity contribution in [1.82, 2.24) is 14.8 Å². The molecule has 1 aliphatic heterocycles. The SMILES string of the molecule is CCN(CC)C(C)C1C=C2c3cccc4[nH]cc(c34)CC2N(C(N)=O)C1. The maximum atomic E-state index is 12.3. The van der Waals surface area contributed by atoms with Gasteiger partial charge in [-0.1, -0.05) is 32.1 Å². The molecule has 3 atom stereocenters. The first-order valence-electron chi connectivity index (χ1n) is 9.66. The number of carbonyl (C=O) groups excluding carboxylic acids is 1. The van der Waals surface area contributed by atoms with Crippen LogP contribution < -0.4 is 5.73 Å². The van der Waals surface area contributed by atoms with Crippen LogP contribution in [-0.4, -0.2) is 52.5 Å². The van der Waals surface area contributed by atoms with Crippen LogP contribution in [-0.2, 0) is 6.42 Å². The van der Waals surface area contributed by atoms with Crippen LogP contribution in [0.3, 0.4) is 0 Å². The van der Waals surface area contributed by atoms with Gasteiger partial charge in [-0.25, -0.2) is 4.79 Å². The van der Waals surface area contributed by atoms with Gasteiger partial charge in [0.1, 0.15) is 0 Å². The summed E-state index contributed by atoms with van der Waals surface area (Å²) in [6, 6.07) is 6.49. The Bertz CT molecular complexity index is 864. The number of H-pyrrole nitrogens is 1. The standard InChI is InChI=1S/C21H28N4O/c1-4-24(5-2)13(3)15-9-17-16-7-6-8-18-20(16)14(11-23-18)10-19(17)25(12-15)21(22)26/h6-9,11,13,15,19,23H,4-5,10,12H2,1-3H3,(H2,22,26). The molecule has 2 amide bonds. The number of aromatic amines is 1. The lowest BCUT2D eigenvalue weighted by molar-refractivity contribution is 0.140. The summed E-state index contributed by atoms with van der Waals surface area (Å²) in [7, 11) is 0. The van der Waals surface area contributed by atoms with Crippen LogP contribution in [0.1, 0.15) is 31.9 Å². The third-order valence-electron chi connectivity index (χ3n) is 6.34. The molecule has 26 heavy (non-hydrogen) atoms. The number of aromatic nitrogens is 1. The molecule has 138 valence electrons. The van der Waals surface area contributed by atoms with Crippen molar-refractivity contribution >= 4 is 22.5 Å². The highest BCUT2D eigenvalue weighted by Crippen LogP contribution is 2.41. The van der Waals surface area contributed by atoms with Gasteiger partial charge < -0.3 is 20.5 Å². The normalized spacial score (nSPS) is 23.1. The van der Waals surface area contributed by atoms with Crippen molar-refractivity contribution in [2.24, 2.45) is 11.7 Å². The van der Waals surface area contributed by atoms with Crippen LogP contribution in [0.25, 0.3) is 16.5 Å². The first-order valence-corrected chi connectivity index (χ1v) is 9.66. The van der Waals surface area contributed by atoms with Gasteiger partial charge in [0.2, 0.25) is 0 Å². The highest BCUT2D eigenvalue weighted by atomic mass is 16.2. The number of nitrogens with one attached hydrogen (secondary N) is 1. The van der Waals surface area contributed by atoms with Gasteiger partial charge in [0, 0.05) is 35.6 Å². The third kappa shape index (κ3) is 2.53. The van der Waals surface area contributed by atoms with Crippen LogP contribution in [0.4, 0.5) is 4.79 Å². The van der Waals surface area contributed by atoms with E-state index >= 15 is 0 Å². The fraction of sp³-hybridized carbons (Fsp3) is 0.476. The highest BCUT2D eigenvalue weighted by molar-refractivity contribution is 5.99. The lowest BCUT2D eigenvalue weighted by Gasteiger charge is -2.44. The second kappa shape index (κ2) is 6.47. The number of hydrogen-bond donors (Lipinski definition) is 2. The van der Waals surface area contributed by atoms with Gasteiger partial charge in [-0.05, 0) is 49.2 Å². The Hall–Kier alpha value is -2.27. The summed E-state index contributed by atoms with van der Waals surface area (Å²) in [6.45, 7) is 9.36. The Balaban J connectivity index is 1.83. The van der Waals surface area contributed by atoms with Gasteiger partial charge in [0.25, 0.3) is 0 Å². The van der Waals surface area contributed by atoms with Gasteiger partial charge in [-0.3, -0.25) is 0 Å². The lowest BCUT2D eigenvalue weighted by Crippen LogP contribution is -2.53. The predicted molar refractivity (Wildman–Crippen MR) is 106 cm³/mol. The van der Waals surface area contributed by atoms with Crippen LogP contribution in [0.15, 0.2) is 30.5 Å². The van der Waals surface area contributed by atoms with Gasteiger partial charge in [0.05, 0.1) is 6.04 Å². The number of urea groups is 1. The summed E-state index contributed by atoms with van der Waals surface area (Å²) in [5.41, 5.74) is 10.8. The second-order valence-electron chi connectivity index (χ2n) is 7.50. The maximum Gasteiger partial charge on any atom is 0.315 e. The average molecular weight is 352 g/mol. The van der Waals surface area contributed by atoms with Gasteiger partial charge in [0.15, 0.2) is 0 Å². The molecule has 2 aromatic rings. The summed E-state index contributed by atoms with van der Waals surface area (Å²) >= 11 is 0. The summed E-state index contributed by atoms with van der Waals surface area (Å²) in [6.07, 6.45) is 5.32. The van der Waals surface area contributed by atoms with E-state index in [2.05, 4.69) is 61.1 Å². The zero-order chi connectivity index (χ0) is 18.4. The number of carbonyl (C=O) groups is 1. The predicted octanol–water partition coefficient (Wildman–Crippen LogP) is 3.22. The Morgan fingerprint density at radius 3 is 2.85 bits per heavy atom. The molecular weight excluding hydrogens is 324 g/mol. The molecule has 0 saturated carbocycles. The first kappa shape index (κ1) is 17.2. The number of hydrogen-bond acceptors (Lipinski definition) is 2. The molecule has 0 bridgehead atoms. The Morgan fingerprint density at radius 1 is 1.38 bits per heavy atom. The summed E-state index contributed by atoms with van der Waals surface area (Å²) in [5, 5.41) is 1.30. The van der Waals surface area contributed by atoms with Crippen molar-refractivity contribution in [3.05, 3.63) is 41.6 Å². The van der Waals surface area contributed by atoms with Crippen molar-refractivity contribution in [2.45, 2.75) is 39.3 Å². The number of rotatable bonds is 4. The van der Waals surface area contributed by atoms with E-state index in [1.165, 1.54) is 27.6 Å². The van der Waals surface area contributed by atoms with Gasteiger partial charge in [-0.2, -0.15) is 0 Å².